The van der Waals surface area contributed by atoms with Gasteiger partial charge >= 0.3 is 11.9 Å². The molecule has 0 spiro atoms. The van der Waals surface area contributed by atoms with Crippen LogP contribution in [0.25, 0.3) is 0 Å². The second-order valence-corrected chi connectivity index (χ2v) is 7.62. The van der Waals surface area contributed by atoms with Crippen molar-refractivity contribution >= 4 is 11.9 Å². The predicted molar refractivity (Wildman–Crippen MR) is 94.1 cm³/mol. The molecule has 0 aromatic carbocycles. The largest absolute Gasteiger partial charge is 0.458 e. The zero-order chi connectivity index (χ0) is 19.2. The van der Waals surface area contributed by atoms with Crippen molar-refractivity contribution in [3.8, 4) is 0 Å². The molecule has 0 bridgehead atoms. The molecule has 0 radical (unpaired) electrons. The van der Waals surface area contributed by atoms with Crippen LogP contribution < -0.4 is 0 Å². The van der Waals surface area contributed by atoms with Crippen LogP contribution in [0.1, 0.15) is 40.5 Å². The summed E-state index contributed by atoms with van der Waals surface area (Å²) in [6.45, 7) is 11.0. The van der Waals surface area contributed by atoms with Gasteiger partial charge in [-0.05, 0) is 39.3 Å². The van der Waals surface area contributed by atoms with Crippen LogP contribution in [0.5, 0.6) is 0 Å². The van der Waals surface area contributed by atoms with E-state index in [1.807, 2.05) is 6.92 Å². The number of hydrogen-bond acceptors (Lipinski definition) is 6. The third kappa shape index (κ3) is 3.35. The lowest BCUT2D eigenvalue weighted by molar-refractivity contribution is -0.148. The summed E-state index contributed by atoms with van der Waals surface area (Å²) in [7, 11) is 0. The van der Waals surface area contributed by atoms with E-state index in [0.29, 0.717) is 24.0 Å². The van der Waals surface area contributed by atoms with Gasteiger partial charge in [-0.3, -0.25) is 0 Å². The fourth-order valence-corrected chi connectivity index (χ4v) is 3.70. The van der Waals surface area contributed by atoms with Crippen molar-refractivity contribution in [2.45, 2.75) is 70.6 Å². The van der Waals surface area contributed by atoms with Crippen LogP contribution in [-0.4, -0.2) is 47.1 Å². The summed E-state index contributed by atoms with van der Waals surface area (Å²) in [6.07, 6.45) is 2.29. The highest BCUT2D eigenvalue weighted by atomic mass is 16.6. The van der Waals surface area contributed by atoms with Crippen molar-refractivity contribution in [3.63, 3.8) is 0 Å². The highest BCUT2D eigenvalue weighted by molar-refractivity contribution is 5.92. The second kappa shape index (κ2) is 6.67. The van der Waals surface area contributed by atoms with Gasteiger partial charge in [0.05, 0.1) is 23.7 Å². The summed E-state index contributed by atoms with van der Waals surface area (Å²) >= 11 is 0. The average molecular weight is 362 g/mol. The van der Waals surface area contributed by atoms with Crippen molar-refractivity contribution in [2.24, 2.45) is 5.92 Å². The minimum absolute atomic E-state index is 0.118. The number of carbonyl (C=O) groups is 2. The van der Waals surface area contributed by atoms with E-state index in [4.69, 9.17) is 14.2 Å². The first-order chi connectivity index (χ1) is 12.2. The van der Waals surface area contributed by atoms with Crippen LogP contribution in [0, 0.1) is 5.92 Å². The highest BCUT2D eigenvalue weighted by Crippen LogP contribution is 2.47. The smallest absolute Gasteiger partial charge is 0.334 e. The summed E-state index contributed by atoms with van der Waals surface area (Å²) in [5.74, 6) is -1.43. The Balaban J connectivity index is 1.98. The van der Waals surface area contributed by atoms with Crippen molar-refractivity contribution < 1.29 is 28.9 Å². The van der Waals surface area contributed by atoms with Crippen LogP contribution in [0.3, 0.4) is 0 Å². The van der Waals surface area contributed by atoms with E-state index < -0.39 is 41.8 Å². The van der Waals surface area contributed by atoms with E-state index in [1.54, 1.807) is 32.9 Å². The standard InChI is InChI=1S/C20H26O6/c1-6-10(2)18(22)25-15-9-20(5)16(26-20)8-13(21)11(3)7-14-17(15)12(4)19(23)24-14/h6-7,13-17,21H,4,8-9H2,1-3,5H3/b10-6+,11-7?/t13-,14-,15+,16+,17-,20-/m0/s1. The lowest BCUT2D eigenvalue weighted by atomic mass is 9.82. The van der Waals surface area contributed by atoms with E-state index >= 15 is 0 Å². The average Bonchev–Trinajstić information content (AvgIpc) is 3.11. The van der Waals surface area contributed by atoms with Gasteiger partial charge in [-0.2, -0.15) is 0 Å². The maximum absolute atomic E-state index is 12.4. The molecule has 0 unspecified atom stereocenters. The highest BCUT2D eigenvalue weighted by Gasteiger charge is 2.57. The zero-order valence-electron chi connectivity index (χ0n) is 15.7. The molecule has 0 aromatic heterocycles. The molecule has 26 heavy (non-hydrogen) atoms. The summed E-state index contributed by atoms with van der Waals surface area (Å²) < 4.78 is 17.0. The van der Waals surface area contributed by atoms with Gasteiger partial charge in [0.2, 0.25) is 0 Å². The van der Waals surface area contributed by atoms with Crippen LogP contribution in [0.4, 0.5) is 0 Å². The van der Waals surface area contributed by atoms with Crippen LogP contribution in [0.15, 0.2) is 35.5 Å². The summed E-state index contributed by atoms with van der Waals surface area (Å²) in [6, 6.07) is 0. The van der Waals surface area contributed by atoms with E-state index in [9.17, 15) is 14.7 Å². The molecule has 0 saturated carbocycles. The van der Waals surface area contributed by atoms with Gasteiger partial charge in [0.15, 0.2) is 0 Å². The lowest BCUT2D eigenvalue weighted by Crippen LogP contribution is -2.37. The van der Waals surface area contributed by atoms with Crippen LogP contribution >= 0.6 is 0 Å². The van der Waals surface area contributed by atoms with Gasteiger partial charge in [0, 0.05) is 24.0 Å². The molecule has 2 heterocycles. The molecule has 142 valence electrons. The monoisotopic (exact) mass is 362 g/mol. The van der Waals surface area contributed by atoms with Gasteiger partial charge < -0.3 is 19.3 Å². The Hall–Kier alpha value is -1.92. The van der Waals surface area contributed by atoms with Crippen molar-refractivity contribution in [3.05, 3.63) is 35.5 Å². The molecular formula is C20H26O6. The van der Waals surface area contributed by atoms with E-state index in [0.717, 1.165) is 0 Å². The summed E-state index contributed by atoms with van der Waals surface area (Å²) in [5, 5.41) is 10.4. The number of allylic oxidation sites excluding steroid dienone is 1. The van der Waals surface area contributed by atoms with Gasteiger partial charge in [-0.1, -0.05) is 12.7 Å². The minimum Gasteiger partial charge on any atom is -0.458 e. The Bertz CT molecular complexity index is 705. The Morgan fingerprint density at radius 2 is 2.19 bits per heavy atom. The third-order valence-corrected chi connectivity index (χ3v) is 5.71. The SMILES string of the molecule is C=C1C(=O)O[C@H]2C=C(C)[C@@H](O)C[C@H]3O[C@@]3(C)C[C@@H](OC(=O)/C(C)=C/C)[C@@H]12. The Morgan fingerprint density at radius 1 is 1.50 bits per heavy atom. The Morgan fingerprint density at radius 3 is 2.85 bits per heavy atom. The van der Waals surface area contributed by atoms with Crippen LogP contribution in [0.2, 0.25) is 0 Å². The lowest BCUT2D eigenvalue weighted by Gasteiger charge is -2.29. The molecule has 2 aliphatic heterocycles. The molecule has 0 amide bonds. The van der Waals surface area contributed by atoms with Gasteiger partial charge in [0.25, 0.3) is 0 Å². The molecule has 6 nitrogen and oxygen atoms in total. The maximum atomic E-state index is 12.4. The number of aliphatic hydroxyl groups excluding tert-OH is 1. The molecular weight excluding hydrogens is 336 g/mol. The fourth-order valence-electron chi connectivity index (χ4n) is 3.70. The summed E-state index contributed by atoms with van der Waals surface area (Å²) in [4.78, 5) is 24.5. The first-order valence-corrected chi connectivity index (χ1v) is 8.94. The quantitative estimate of drug-likeness (QED) is 0.351. The predicted octanol–water partition coefficient (Wildman–Crippen LogP) is 2.22. The molecule has 3 aliphatic rings. The van der Waals surface area contributed by atoms with Gasteiger partial charge in [-0.15, -0.1) is 0 Å². The second-order valence-electron chi connectivity index (χ2n) is 7.62. The number of hydrogen-bond donors (Lipinski definition) is 1. The summed E-state index contributed by atoms with van der Waals surface area (Å²) in [5.41, 5.74) is 0.974. The number of fused-ring (bicyclic) bond motifs is 2. The van der Waals surface area contributed by atoms with E-state index in [1.165, 1.54) is 0 Å². The Kier molecular flexibility index (Phi) is 4.84. The number of carbonyl (C=O) groups excluding carboxylic acids is 2. The molecule has 6 atom stereocenters. The number of esters is 2. The molecule has 6 heteroatoms. The van der Waals surface area contributed by atoms with E-state index in [2.05, 4.69) is 6.58 Å². The zero-order valence-corrected chi connectivity index (χ0v) is 15.7. The third-order valence-electron chi connectivity index (χ3n) is 5.71. The minimum atomic E-state index is -0.667. The topological polar surface area (TPSA) is 85.4 Å². The number of aliphatic hydroxyl groups is 1. The van der Waals surface area contributed by atoms with Gasteiger partial charge in [0.1, 0.15) is 12.2 Å². The molecule has 2 fully saturated rings. The molecule has 1 N–H and O–H groups in total. The van der Waals surface area contributed by atoms with Gasteiger partial charge in [-0.25, -0.2) is 9.59 Å². The van der Waals surface area contributed by atoms with Crippen molar-refractivity contribution in [2.75, 3.05) is 0 Å². The van der Waals surface area contributed by atoms with Crippen molar-refractivity contribution in [1.82, 2.24) is 0 Å². The molecule has 2 saturated heterocycles. The Labute approximate surface area is 153 Å². The van der Waals surface area contributed by atoms with Crippen LogP contribution in [-0.2, 0) is 23.8 Å². The molecule has 0 aromatic rings. The maximum Gasteiger partial charge on any atom is 0.334 e. The first-order valence-electron chi connectivity index (χ1n) is 8.94. The number of epoxide rings is 1. The normalized spacial score (nSPS) is 40.1. The van der Waals surface area contributed by atoms with Crippen molar-refractivity contribution in [1.29, 1.82) is 0 Å². The number of ether oxygens (including phenoxy) is 3. The fraction of sp³-hybridized carbons (Fsp3) is 0.600. The number of rotatable bonds is 2. The van der Waals surface area contributed by atoms with E-state index in [-0.39, 0.29) is 11.7 Å². The molecule has 3 rings (SSSR count). The molecule has 1 aliphatic carbocycles. The first kappa shape index (κ1) is 18.9.